The van der Waals surface area contributed by atoms with Gasteiger partial charge in [-0.3, -0.25) is 13.9 Å². The lowest BCUT2D eigenvalue weighted by molar-refractivity contribution is -0.141. The lowest BCUT2D eigenvalue weighted by Crippen LogP contribution is -2.48. The molecular weight excluding hydrogens is 482 g/mol. The molecule has 1 atom stereocenters. The molecule has 2 aromatic rings. The summed E-state index contributed by atoms with van der Waals surface area (Å²) in [4.78, 5) is 27.5. The number of methoxy groups -OCH3 is 1. The van der Waals surface area contributed by atoms with E-state index in [9.17, 15) is 18.0 Å². The van der Waals surface area contributed by atoms with Crippen molar-refractivity contribution in [1.82, 2.24) is 10.2 Å². The number of para-hydroxylation sites is 2. The first-order valence-corrected chi connectivity index (χ1v) is 13.8. The molecule has 0 aliphatic rings. The second-order valence-electron chi connectivity index (χ2n) is 8.25. The van der Waals surface area contributed by atoms with Crippen molar-refractivity contribution in [2.45, 2.75) is 45.7 Å². The zero-order valence-corrected chi connectivity index (χ0v) is 22.5. The van der Waals surface area contributed by atoms with Crippen molar-refractivity contribution in [2.75, 3.05) is 37.9 Å². The van der Waals surface area contributed by atoms with Crippen LogP contribution in [0.2, 0.25) is 0 Å². The van der Waals surface area contributed by atoms with Gasteiger partial charge in [-0.1, -0.05) is 31.2 Å². The van der Waals surface area contributed by atoms with E-state index in [2.05, 4.69) is 5.32 Å². The lowest BCUT2D eigenvalue weighted by Gasteiger charge is -2.31. The molecule has 2 rings (SSSR count). The predicted molar refractivity (Wildman–Crippen MR) is 141 cm³/mol. The van der Waals surface area contributed by atoms with Gasteiger partial charge in [-0.25, -0.2) is 8.42 Å². The smallest absolute Gasteiger partial charge is 0.242 e. The molecule has 0 fully saturated rings. The first-order valence-electron chi connectivity index (χ1n) is 12.0. The fraction of sp³-hybridized carbons (Fsp3) is 0.462. The highest BCUT2D eigenvalue weighted by atomic mass is 32.2. The zero-order chi connectivity index (χ0) is 26.7. The molecular formula is C26H37N3O6S. The Morgan fingerprint density at radius 3 is 2.42 bits per heavy atom. The number of anilines is 1. The van der Waals surface area contributed by atoms with Crippen LogP contribution < -0.4 is 19.1 Å². The molecule has 0 heterocycles. The van der Waals surface area contributed by atoms with Crippen molar-refractivity contribution in [2.24, 2.45) is 0 Å². The van der Waals surface area contributed by atoms with Crippen molar-refractivity contribution in [3.05, 3.63) is 54.1 Å². The van der Waals surface area contributed by atoms with Crippen LogP contribution in [-0.2, 0) is 26.2 Å². The largest absolute Gasteiger partial charge is 0.497 e. The minimum Gasteiger partial charge on any atom is -0.497 e. The van der Waals surface area contributed by atoms with Gasteiger partial charge in [-0.2, -0.15) is 0 Å². The first-order chi connectivity index (χ1) is 17.2. The number of amides is 2. The van der Waals surface area contributed by atoms with E-state index in [1.807, 2.05) is 38.1 Å². The van der Waals surface area contributed by atoms with E-state index in [0.29, 0.717) is 30.2 Å². The second kappa shape index (κ2) is 13.7. The van der Waals surface area contributed by atoms with Gasteiger partial charge in [0.25, 0.3) is 0 Å². The molecule has 2 amide bonds. The maximum atomic E-state index is 13.4. The molecule has 0 radical (unpaired) electrons. The number of nitrogens with zero attached hydrogens (tertiary/aromatic N) is 2. The zero-order valence-electron chi connectivity index (χ0n) is 21.7. The van der Waals surface area contributed by atoms with Crippen molar-refractivity contribution in [3.8, 4) is 11.5 Å². The van der Waals surface area contributed by atoms with Crippen molar-refractivity contribution < 1.29 is 27.5 Å². The summed E-state index contributed by atoms with van der Waals surface area (Å²) in [5.41, 5.74) is 1.26. The summed E-state index contributed by atoms with van der Waals surface area (Å²) in [6.45, 7) is 4.39. The minimum absolute atomic E-state index is 0.0697. The van der Waals surface area contributed by atoms with E-state index in [1.54, 1.807) is 43.3 Å². The number of carbonyl (C=O) groups excluding carboxylic acids is 2. The van der Waals surface area contributed by atoms with Gasteiger partial charge in [0.05, 0.1) is 25.7 Å². The number of carbonyl (C=O) groups is 2. The third-order valence-electron chi connectivity index (χ3n) is 5.71. The lowest BCUT2D eigenvalue weighted by atomic mass is 10.1. The van der Waals surface area contributed by atoms with Gasteiger partial charge in [-0.05, 0) is 49.6 Å². The van der Waals surface area contributed by atoms with Gasteiger partial charge < -0.3 is 19.7 Å². The summed E-state index contributed by atoms with van der Waals surface area (Å²) in [5, 5.41) is 2.63. The Labute approximate surface area is 214 Å². The molecule has 36 heavy (non-hydrogen) atoms. The van der Waals surface area contributed by atoms with Gasteiger partial charge in [0.1, 0.15) is 17.5 Å². The maximum Gasteiger partial charge on any atom is 0.242 e. The van der Waals surface area contributed by atoms with E-state index >= 15 is 0 Å². The summed E-state index contributed by atoms with van der Waals surface area (Å²) >= 11 is 0. The van der Waals surface area contributed by atoms with Gasteiger partial charge >= 0.3 is 0 Å². The molecule has 0 bridgehead atoms. The summed E-state index contributed by atoms with van der Waals surface area (Å²) in [6.07, 6.45) is 1.91. The van der Waals surface area contributed by atoms with Crippen LogP contribution in [0.3, 0.4) is 0 Å². The third-order valence-corrected chi connectivity index (χ3v) is 6.89. The summed E-state index contributed by atoms with van der Waals surface area (Å²) in [7, 11) is -0.512. The molecule has 198 valence electrons. The summed E-state index contributed by atoms with van der Waals surface area (Å²) in [6, 6.07) is 13.6. The highest BCUT2D eigenvalue weighted by Gasteiger charge is 2.28. The quantitative estimate of drug-likeness (QED) is 0.411. The number of ether oxygens (including phenoxy) is 2. The average molecular weight is 520 g/mol. The minimum atomic E-state index is -3.62. The van der Waals surface area contributed by atoms with E-state index in [-0.39, 0.29) is 37.7 Å². The van der Waals surface area contributed by atoms with Crippen molar-refractivity contribution in [3.63, 3.8) is 0 Å². The molecule has 0 aromatic heterocycles. The Hall–Kier alpha value is -3.27. The average Bonchev–Trinajstić information content (AvgIpc) is 2.86. The number of hydrogen-bond acceptors (Lipinski definition) is 6. The van der Waals surface area contributed by atoms with Crippen LogP contribution in [0.15, 0.2) is 48.5 Å². The standard InChI is InChI=1S/C26H37N3O6S/c1-6-22(26(31)27-3)28(19-20-12-10-13-21(18-20)34-4)25(30)16-11-17-29(36(5,32)33)23-14-8-9-15-24(23)35-7-2/h8-10,12-15,18,22H,6-7,11,16-17,19H2,1-5H3,(H,27,31). The first kappa shape index (κ1) is 29.0. The van der Waals surface area contributed by atoms with E-state index in [0.717, 1.165) is 11.8 Å². The Morgan fingerprint density at radius 2 is 1.81 bits per heavy atom. The predicted octanol–water partition coefficient (Wildman–Crippen LogP) is 3.19. The monoisotopic (exact) mass is 519 g/mol. The fourth-order valence-electron chi connectivity index (χ4n) is 3.98. The normalized spacial score (nSPS) is 11.9. The number of hydrogen-bond donors (Lipinski definition) is 1. The third kappa shape index (κ3) is 7.87. The number of nitrogens with one attached hydrogen (secondary N) is 1. The highest BCUT2D eigenvalue weighted by molar-refractivity contribution is 7.92. The summed E-state index contributed by atoms with van der Waals surface area (Å²) < 4.78 is 37.3. The molecule has 0 spiro atoms. The summed E-state index contributed by atoms with van der Waals surface area (Å²) in [5.74, 6) is 0.628. The fourth-order valence-corrected chi connectivity index (χ4v) is 4.95. The van der Waals surface area contributed by atoms with Gasteiger partial charge in [0, 0.05) is 26.6 Å². The molecule has 1 unspecified atom stereocenters. The highest BCUT2D eigenvalue weighted by Crippen LogP contribution is 2.30. The van der Waals surface area contributed by atoms with Crippen LogP contribution in [0.25, 0.3) is 0 Å². The van der Waals surface area contributed by atoms with Gasteiger partial charge in [-0.15, -0.1) is 0 Å². The van der Waals surface area contributed by atoms with Crippen LogP contribution in [-0.4, -0.2) is 64.7 Å². The number of sulfonamides is 1. The Bertz CT molecular complexity index is 1120. The molecule has 9 nitrogen and oxygen atoms in total. The maximum absolute atomic E-state index is 13.4. The van der Waals surface area contributed by atoms with Crippen molar-refractivity contribution >= 4 is 27.5 Å². The second-order valence-corrected chi connectivity index (χ2v) is 10.2. The van der Waals surface area contributed by atoms with E-state index in [4.69, 9.17) is 9.47 Å². The van der Waals surface area contributed by atoms with E-state index in [1.165, 1.54) is 4.31 Å². The van der Waals surface area contributed by atoms with Crippen LogP contribution in [0, 0.1) is 0 Å². The molecule has 1 N–H and O–H groups in total. The molecule has 0 saturated heterocycles. The molecule has 2 aromatic carbocycles. The van der Waals surface area contributed by atoms with Gasteiger partial charge in [0.2, 0.25) is 21.8 Å². The number of benzene rings is 2. The SMILES string of the molecule is CCOc1ccccc1N(CCCC(=O)N(Cc1cccc(OC)c1)C(CC)C(=O)NC)S(C)(=O)=O. The molecule has 0 saturated carbocycles. The number of rotatable bonds is 14. The van der Waals surface area contributed by atoms with Crippen LogP contribution in [0.4, 0.5) is 5.69 Å². The van der Waals surface area contributed by atoms with Crippen molar-refractivity contribution in [1.29, 1.82) is 0 Å². The van der Waals surface area contributed by atoms with Crippen LogP contribution in [0.1, 0.15) is 38.7 Å². The molecule has 0 aliphatic heterocycles. The Morgan fingerprint density at radius 1 is 1.08 bits per heavy atom. The Balaban J connectivity index is 2.24. The van der Waals surface area contributed by atoms with Crippen LogP contribution in [0.5, 0.6) is 11.5 Å². The topological polar surface area (TPSA) is 105 Å². The number of likely N-dealkylation sites (N-methyl/N-ethyl adjacent to an activating group) is 1. The van der Waals surface area contributed by atoms with Gasteiger partial charge in [0.15, 0.2) is 0 Å². The molecule has 0 aliphatic carbocycles. The Kier molecular flexibility index (Phi) is 11.0. The van der Waals surface area contributed by atoms with E-state index < -0.39 is 16.1 Å². The molecule has 10 heteroatoms. The van der Waals surface area contributed by atoms with Crippen LogP contribution >= 0.6 is 0 Å².